The molecule has 0 fully saturated rings. The predicted octanol–water partition coefficient (Wildman–Crippen LogP) is 2.15. The maximum atomic E-state index is 13.9. The fourth-order valence-electron chi connectivity index (χ4n) is 2.94. The van der Waals surface area contributed by atoms with Gasteiger partial charge in [-0.1, -0.05) is 18.2 Å². The number of hydrogen-bond acceptors (Lipinski definition) is 3. The standard InChI is InChI=1S/C22H30FN5O/c1-24-21(29)18-7-5-6-16(12-18)10-11-26-22(25-2)27-14-17-8-9-20(23)19(13-17)15-28(3)4/h5-9,12-13H,10-11,14-15H2,1-4H3,(H,24,29)(H2,25,26,27). The lowest BCUT2D eigenvalue weighted by Crippen LogP contribution is -2.37. The van der Waals surface area contributed by atoms with Crippen LogP contribution in [-0.2, 0) is 19.5 Å². The van der Waals surface area contributed by atoms with Crippen molar-refractivity contribution in [1.82, 2.24) is 20.9 Å². The molecule has 3 N–H and O–H groups in total. The van der Waals surface area contributed by atoms with Crippen LogP contribution in [0.5, 0.6) is 0 Å². The lowest BCUT2D eigenvalue weighted by atomic mass is 10.1. The first-order valence-electron chi connectivity index (χ1n) is 9.60. The Morgan fingerprint density at radius 1 is 1.10 bits per heavy atom. The molecule has 1 amide bonds. The molecule has 0 atom stereocenters. The lowest BCUT2D eigenvalue weighted by Gasteiger charge is -2.14. The van der Waals surface area contributed by atoms with E-state index in [1.807, 2.05) is 43.3 Å². The molecule has 29 heavy (non-hydrogen) atoms. The molecule has 0 spiro atoms. The van der Waals surface area contributed by atoms with Crippen LogP contribution < -0.4 is 16.0 Å². The second-order valence-electron chi connectivity index (χ2n) is 7.05. The summed E-state index contributed by atoms with van der Waals surface area (Å²) in [5.74, 6) is 0.389. The van der Waals surface area contributed by atoms with Gasteiger partial charge in [0.1, 0.15) is 5.82 Å². The van der Waals surface area contributed by atoms with E-state index in [2.05, 4.69) is 20.9 Å². The summed E-state index contributed by atoms with van der Waals surface area (Å²) >= 11 is 0. The summed E-state index contributed by atoms with van der Waals surface area (Å²) < 4.78 is 13.9. The van der Waals surface area contributed by atoms with Crippen LogP contribution in [0.4, 0.5) is 4.39 Å². The molecule has 2 rings (SSSR count). The number of guanidine groups is 1. The van der Waals surface area contributed by atoms with Gasteiger partial charge in [-0.25, -0.2) is 4.39 Å². The van der Waals surface area contributed by atoms with E-state index >= 15 is 0 Å². The van der Waals surface area contributed by atoms with Gasteiger partial charge in [-0.05, 0) is 55.9 Å². The molecular weight excluding hydrogens is 369 g/mol. The number of benzene rings is 2. The van der Waals surface area contributed by atoms with Crippen LogP contribution in [0.3, 0.4) is 0 Å². The van der Waals surface area contributed by atoms with Crippen molar-refractivity contribution < 1.29 is 9.18 Å². The molecule has 0 heterocycles. The molecule has 0 aliphatic carbocycles. The highest BCUT2D eigenvalue weighted by atomic mass is 19.1. The summed E-state index contributed by atoms with van der Waals surface area (Å²) in [7, 11) is 7.17. The summed E-state index contributed by atoms with van der Waals surface area (Å²) in [6.07, 6.45) is 0.759. The molecule has 0 aromatic heterocycles. The number of nitrogens with zero attached hydrogens (tertiary/aromatic N) is 2. The Balaban J connectivity index is 1.86. The third-order valence-electron chi connectivity index (χ3n) is 4.40. The van der Waals surface area contributed by atoms with Gasteiger partial charge in [0.15, 0.2) is 5.96 Å². The van der Waals surface area contributed by atoms with E-state index in [0.29, 0.717) is 36.7 Å². The van der Waals surface area contributed by atoms with Gasteiger partial charge in [0.2, 0.25) is 0 Å². The molecule has 0 aliphatic heterocycles. The van der Waals surface area contributed by atoms with Crippen molar-refractivity contribution in [1.29, 1.82) is 0 Å². The van der Waals surface area contributed by atoms with Gasteiger partial charge in [0.25, 0.3) is 5.91 Å². The quantitative estimate of drug-likeness (QED) is 0.470. The van der Waals surface area contributed by atoms with Crippen LogP contribution in [0, 0.1) is 5.82 Å². The first-order valence-corrected chi connectivity index (χ1v) is 9.60. The molecule has 2 aromatic carbocycles. The topological polar surface area (TPSA) is 68.8 Å². The zero-order valence-electron chi connectivity index (χ0n) is 17.6. The average Bonchev–Trinajstić information content (AvgIpc) is 2.72. The van der Waals surface area contributed by atoms with Gasteiger partial charge >= 0.3 is 0 Å². The highest BCUT2D eigenvalue weighted by Crippen LogP contribution is 2.12. The summed E-state index contributed by atoms with van der Waals surface area (Å²) in [5, 5.41) is 9.15. The van der Waals surface area contributed by atoms with E-state index in [0.717, 1.165) is 17.5 Å². The molecule has 7 heteroatoms. The minimum absolute atomic E-state index is 0.0924. The summed E-state index contributed by atoms with van der Waals surface area (Å²) in [6.45, 7) is 1.78. The second kappa shape index (κ2) is 11.2. The van der Waals surface area contributed by atoms with Crippen LogP contribution in [0.15, 0.2) is 47.5 Å². The van der Waals surface area contributed by atoms with Gasteiger partial charge in [-0.2, -0.15) is 0 Å². The van der Waals surface area contributed by atoms with Crippen molar-refractivity contribution in [3.63, 3.8) is 0 Å². The first kappa shape index (κ1) is 22.4. The van der Waals surface area contributed by atoms with Gasteiger partial charge in [-0.3, -0.25) is 9.79 Å². The van der Waals surface area contributed by atoms with Crippen LogP contribution in [0.1, 0.15) is 27.0 Å². The van der Waals surface area contributed by atoms with Crippen molar-refractivity contribution in [2.75, 3.05) is 34.7 Å². The maximum Gasteiger partial charge on any atom is 0.251 e. The molecule has 0 saturated heterocycles. The Labute approximate surface area is 172 Å². The molecule has 0 unspecified atom stereocenters. The van der Waals surface area contributed by atoms with Gasteiger partial charge < -0.3 is 20.9 Å². The van der Waals surface area contributed by atoms with Gasteiger partial charge in [0, 0.05) is 44.9 Å². The van der Waals surface area contributed by atoms with Crippen LogP contribution in [-0.4, -0.2) is 51.5 Å². The smallest absolute Gasteiger partial charge is 0.251 e. The fraction of sp³-hybridized carbons (Fsp3) is 0.364. The molecule has 6 nitrogen and oxygen atoms in total. The van der Waals surface area contributed by atoms with Crippen molar-refractivity contribution in [2.45, 2.75) is 19.5 Å². The number of carbonyl (C=O) groups is 1. The molecule has 2 aromatic rings. The van der Waals surface area contributed by atoms with Crippen molar-refractivity contribution >= 4 is 11.9 Å². The highest BCUT2D eigenvalue weighted by molar-refractivity contribution is 5.94. The van der Waals surface area contributed by atoms with Crippen molar-refractivity contribution in [3.05, 3.63) is 70.5 Å². The van der Waals surface area contributed by atoms with E-state index in [4.69, 9.17) is 0 Å². The fourth-order valence-corrected chi connectivity index (χ4v) is 2.94. The van der Waals surface area contributed by atoms with E-state index < -0.39 is 0 Å². The van der Waals surface area contributed by atoms with E-state index in [9.17, 15) is 9.18 Å². The zero-order valence-corrected chi connectivity index (χ0v) is 17.6. The van der Waals surface area contributed by atoms with Crippen molar-refractivity contribution in [2.24, 2.45) is 4.99 Å². The molecule has 0 bridgehead atoms. The summed E-state index contributed by atoms with van der Waals surface area (Å²) in [4.78, 5) is 17.9. The van der Waals surface area contributed by atoms with Crippen LogP contribution in [0.25, 0.3) is 0 Å². The Morgan fingerprint density at radius 3 is 2.59 bits per heavy atom. The maximum absolute atomic E-state index is 13.9. The largest absolute Gasteiger partial charge is 0.356 e. The number of halogens is 1. The SMILES string of the molecule is CN=C(NCCc1cccc(C(=O)NC)c1)NCc1ccc(F)c(CN(C)C)c1. The van der Waals surface area contributed by atoms with Gasteiger partial charge in [0.05, 0.1) is 0 Å². The lowest BCUT2D eigenvalue weighted by molar-refractivity contribution is 0.0963. The molecule has 0 aliphatic rings. The third-order valence-corrected chi connectivity index (χ3v) is 4.40. The van der Waals surface area contributed by atoms with Crippen LogP contribution in [0.2, 0.25) is 0 Å². The Hall–Kier alpha value is -2.93. The number of nitrogens with one attached hydrogen (secondary N) is 3. The number of carbonyl (C=O) groups excluding carboxylic acids is 1. The number of rotatable bonds is 8. The number of aliphatic imine (C=N–C) groups is 1. The number of amides is 1. The zero-order chi connectivity index (χ0) is 21.2. The first-order chi connectivity index (χ1) is 13.9. The van der Waals surface area contributed by atoms with E-state index in [-0.39, 0.29) is 11.7 Å². The Morgan fingerprint density at radius 2 is 1.90 bits per heavy atom. The normalized spacial score (nSPS) is 11.4. The van der Waals surface area contributed by atoms with E-state index in [1.54, 1.807) is 26.2 Å². The molecular formula is C22H30FN5O. The average molecular weight is 400 g/mol. The van der Waals surface area contributed by atoms with E-state index in [1.165, 1.54) is 6.07 Å². The van der Waals surface area contributed by atoms with Gasteiger partial charge in [-0.15, -0.1) is 0 Å². The molecule has 0 saturated carbocycles. The Kier molecular flexibility index (Phi) is 8.61. The summed E-state index contributed by atoms with van der Waals surface area (Å²) in [6, 6.07) is 12.7. The minimum atomic E-state index is -0.191. The third kappa shape index (κ3) is 7.19. The predicted molar refractivity (Wildman–Crippen MR) is 116 cm³/mol. The highest BCUT2D eigenvalue weighted by Gasteiger charge is 2.07. The molecule has 156 valence electrons. The monoisotopic (exact) mass is 399 g/mol. The van der Waals surface area contributed by atoms with Crippen molar-refractivity contribution in [3.8, 4) is 0 Å². The summed E-state index contributed by atoms with van der Waals surface area (Å²) in [5.41, 5.74) is 3.39. The molecule has 0 radical (unpaired) electrons. The van der Waals surface area contributed by atoms with Crippen LogP contribution >= 0.6 is 0 Å². The number of hydrogen-bond donors (Lipinski definition) is 3. The Bertz CT molecular complexity index is 851. The minimum Gasteiger partial charge on any atom is -0.356 e. The second-order valence-corrected chi connectivity index (χ2v) is 7.05.